The van der Waals surface area contributed by atoms with E-state index in [0.29, 0.717) is 6.54 Å². The van der Waals surface area contributed by atoms with Crippen LogP contribution in [0.1, 0.15) is 31.2 Å². The third kappa shape index (κ3) is 5.07. The maximum atomic E-state index is 13.0. The molecule has 0 bridgehead atoms. The van der Waals surface area contributed by atoms with Crippen LogP contribution in [0.3, 0.4) is 0 Å². The third-order valence-electron chi connectivity index (χ3n) is 4.81. The predicted octanol–water partition coefficient (Wildman–Crippen LogP) is 5.31. The monoisotopic (exact) mass is 413 g/mol. The van der Waals surface area contributed by atoms with Gasteiger partial charge in [-0.3, -0.25) is 9.69 Å². The molecule has 0 fully saturated rings. The molecule has 0 aliphatic carbocycles. The molecule has 6 heteroatoms. The Hall–Kier alpha value is -2.02. The van der Waals surface area contributed by atoms with Gasteiger partial charge in [-0.2, -0.15) is 0 Å². The van der Waals surface area contributed by atoms with Gasteiger partial charge in [-0.15, -0.1) is 11.3 Å². The minimum Gasteiger partial charge on any atom is -0.302 e. The lowest BCUT2D eigenvalue weighted by molar-refractivity contribution is -0.114. The molecule has 2 heterocycles. The average molecular weight is 414 g/mol. The van der Waals surface area contributed by atoms with Gasteiger partial charge in [-0.05, 0) is 54.7 Å². The van der Waals surface area contributed by atoms with Crippen LogP contribution in [0, 0.1) is 0 Å². The van der Waals surface area contributed by atoms with Crippen LogP contribution < -0.4 is 4.90 Å². The Bertz CT molecular complexity index is 927. The van der Waals surface area contributed by atoms with Crippen LogP contribution in [0.15, 0.2) is 41.8 Å². The molecule has 3 rings (SSSR count). The number of amides is 1. The highest BCUT2D eigenvalue weighted by atomic mass is 32.1. The van der Waals surface area contributed by atoms with Crippen molar-refractivity contribution in [2.75, 3.05) is 31.1 Å². The van der Waals surface area contributed by atoms with E-state index >= 15 is 0 Å². The molecule has 0 atom stereocenters. The number of thiophene rings is 1. The molecule has 3 aromatic rings. The molecule has 0 saturated carbocycles. The minimum absolute atomic E-state index is 0.0182. The summed E-state index contributed by atoms with van der Waals surface area (Å²) in [5.74, 6) is -0.0182. The topological polar surface area (TPSA) is 36.4 Å². The van der Waals surface area contributed by atoms with Crippen molar-refractivity contribution in [2.24, 2.45) is 0 Å². The third-order valence-corrected chi connectivity index (χ3v) is 6.69. The number of aromatic nitrogens is 1. The van der Waals surface area contributed by atoms with E-state index in [1.54, 1.807) is 28.7 Å². The molecule has 4 nitrogen and oxygen atoms in total. The van der Waals surface area contributed by atoms with Crippen LogP contribution in [-0.4, -0.2) is 42.0 Å². The van der Waals surface area contributed by atoms with Crippen molar-refractivity contribution in [3.63, 3.8) is 0 Å². The lowest BCUT2D eigenvalue weighted by atomic mass is 10.2. The zero-order valence-electron chi connectivity index (χ0n) is 16.7. The van der Waals surface area contributed by atoms with E-state index in [4.69, 9.17) is 4.98 Å². The van der Waals surface area contributed by atoms with Crippen molar-refractivity contribution in [1.29, 1.82) is 0 Å². The second-order valence-electron chi connectivity index (χ2n) is 6.52. The minimum atomic E-state index is -0.0182. The van der Waals surface area contributed by atoms with Gasteiger partial charge in [0.2, 0.25) is 0 Å². The van der Waals surface area contributed by atoms with Crippen molar-refractivity contribution in [2.45, 2.75) is 27.2 Å². The Morgan fingerprint density at radius 3 is 2.64 bits per heavy atom. The number of anilines is 1. The van der Waals surface area contributed by atoms with Crippen LogP contribution in [0.25, 0.3) is 16.3 Å². The number of thiazole rings is 1. The van der Waals surface area contributed by atoms with Crippen molar-refractivity contribution < 1.29 is 4.79 Å². The second-order valence-corrected chi connectivity index (χ2v) is 8.51. The highest BCUT2D eigenvalue weighted by molar-refractivity contribution is 7.22. The van der Waals surface area contributed by atoms with E-state index in [1.807, 2.05) is 28.5 Å². The number of likely N-dealkylation sites (N-methyl/N-ethyl adjacent to an activating group) is 1. The molecule has 0 radical (unpaired) electrons. The maximum absolute atomic E-state index is 13.0. The van der Waals surface area contributed by atoms with Crippen molar-refractivity contribution in [3.05, 3.63) is 52.2 Å². The summed E-state index contributed by atoms with van der Waals surface area (Å²) in [6.07, 6.45) is 4.55. The molecule has 0 saturated heterocycles. The number of carbonyl (C=O) groups excluding carboxylic acids is 1. The van der Waals surface area contributed by atoms with Gasteiger partial charge >= 0.3 is 0 Å². The zero-order chi connectivity index (χ0) is 19.9. The molecule has 1 amide bonds. The van der Waals surface area contributed by atoms with Crippen LogP contribution in [0.5, 0.6) is 0 Å². The van der Waals surface area contributed by atoms with Gasteiger partial charge in [-0.1, -0.05) is 44.2 Å². The fourth-order valence-corrected chi connectivity index (χ4v) is 4.68. The molecule has 148 valence electrons. The molecule has 0 aliphatic heterocycles. The predicted molar refractivity (Wildman–Crippen MR) is 122 cm³/mol. The number of aryl methyl sites for hydroxylation is 1. The molecule has 1 aromatic carbocycles. The van der Waals surface area contributed by atoms with Crippen LogP contribution in [-0.2, 0) is 11.2 Å². The number of nitrogens with zero attached hydrogens (tertiary/aromatic N) is 3. The van der Waals surface area contributed by atoms with Crippen molar-refractivity contribution >= 4 is 50.0 Å². The zero-order valence-corrected chi connectivity index (χ0v) is 18.4. The number of fused-ring (bicyclic) bond motifs is 1. The first-order chi connectivity index (χ1) is 13.6. The lowest BCUT2D eigenvalue weighted by Crippen LogP contribution is -2.38. The first kappa shape index (κ1) is 20.7. The number of hydrogen-bond acceptors (Lipinski definition) is 5. The average Bonchev–Trinajstić information content (AvgIpc) is 3.38. The highest BCUT2D eigenvalue weighted by Gasteiger charge is 2.19. The normalized spacial score (nSPS) is 11.7. The first-order valence-corrected chi connectivity index (χ1v) is 11.5. The number of hydrogen-bond donors (Lipinski definition) is 0. The molecular formula is C22H27N3OS2. The van der Waals surface area contributed by atoms with E-state index in [9.17, 15) is 4.79 Å². The largest absolute Gasteiger partial charge is 0.302 e. The van der Waals surface area contributed by atoms with Gasteiger partial charge in [-0.25, -0.2) is 4.98 Å². The van der Waals surface area contributed by atoms with Gasteiger partial charge in [0.15, 0.2) is 5.13 Å². The maximum Gasteiger partial charge on any atom is 0.252 e. The smallest absolute Gasteiger partial charge is 0.252 e. The van der Waals surface area contributed by atoms with E-state index in [-0.39, 0.29) is 5.91 Å². The summed E-state index contributed by atoms with van der Waals surface area (Å²) in [6.45, 7) is 9.87. The molecule has 0 spiro atoms. The van der Waals surface area contributed by atoms with Crippen LogP contribution in [0.4, 0.5) is 5.13 Å². The Morgan fingerprint density at radius 2 is 1.96 bits per heavy atom. The summed E-state index contributed by atoms with van der Waals surface area (Å²) in [5.41, 5.74) is 2.25. The Kier molecular flexibility index (Phi) is 7.36. The molecule has 0 aliphatic rings. The highest BCUT2D eigenvalue weighted by Crippen LogP contribution is 2.30. The SMILES string of the molecule is CCc1ccc2nc(N(CCN(CC)CC)C(=O)C=Cc3cccs3)sc2c1. The van der Waals surface area contributed by atoms with Crippen molar-refractivity contribution in [1.82, 2.24) is 9.88 Å². The van der Waals surface area contributed by atoms with Gasteiger partial charge in [0, 0.05) is 24.0 Å². The Labute approximate surface area is 175 Å². The fraction of sp³-hybridized carbons (Fsp3) is 0.364. The lowest BCUT2D eigenvalue weighted by Gasteiger charge is -2.23. The van der Waals surface area contributed by atoms with E-state index in [2.05, 4.69) is 43.9 Å². The van der Waals surface area contributed by atoms with E-state index in [0.717, 1.165) is 46.3 Å². The van der Waals surface area contributed by atoms with Gasteiger partial charge in [0.1, 0.15) is 0 Å². The number of benzene rings is 1. The summed E-state index contributed by atoms with van der Waals surface area (Å²) in [7, 11) is 0. The molecule has 28 heavy (non-hydrogen) atoms. The van der Waals surface area contributed by atoms with E-state index in [1.165, 1.54) is 5.56 Å². The fourth-order valence-electron chi connectivity index (χ4n) is 3.00. The quantitative estimate of drug-likeness (QED) is 0.446. The molecule has 0 unspecified atom stereocenters. The summed E-state index contributed by atoms with van der Waals surface area (Å²) in [5, 5.41) is 2.79. The van der Waals surface area contributed by atoms with Crippen molar-refractivity contribution in [3.8, 4) is 0 Å². The number of carbonyl (C=O) groups is 1. The Morgan fingerprint density at radius 1 is 1.14 bits per heavy atom. The van der Waals surface area contributed by atoms with Gasteiger partial charge in [0.25, 0.3) is 5.91 Å². The van der Waals surface area contributed by atoms with Gasteiger partial charge in [0.05, 0.1) is 10.2 Å². The summed E-state index contributed by atoms with van der Waals surface area (Å²) in [6, 6.07) is 10.4. The molecular weight excluding hydrogens is 386 g/mol. The first-order valence-electron chi connectivity index (χ1n) is 9.79. The van der Waals surface area contributed by atoms with Crippen LogP contribution >= 0.6 is 22.7 Å². The summed E-state index contributed by atoms with van der Waals surface area (Å²) >= 11 is 3.22. The second kappa shape index (κ2) is 9.96. The summed E-state index contributed by atoms with van der Waals surface area (Å²) in [4.78, 5) is 23.0. The van der Waals surface area contributed by atoms with E-state index < -0.39 is 0 Å². The summed E-state index contributed by atoms with van der Waals surface area (Å²) < 4.78 is 1.14. The Balaban J connectivity index is 1.87. The molecule has 0 N–H and O–H groups in total. The number of rotatable bonds is 9. The van der Waals surface area contributed by atoms with Crippen LogP contribution in [0.2, 0.25) is 0 Å². The van der Waals surface area contributed by atoms with Gasteiger partial charge < -0.3 is 4.90 Å². The molecule has 2 aromatic heterocycles. The standard InChI is InChI=1S/C22H27N3OS2/c1-4-17-9-11-19-20(16-17)28-22(23-19)25(14-13-24(5-2)6-3)21(26)12-10-18-8-7-15-27-18/h7-12,15-16H,4-6,13-14H2,1-3H3.